The minimum absolute atomic E-state index is 0.0637. The summed E-state index contributed by atoms with van der Waals surface area (Å²) in [4.78, 5) is 36.7. The second kappa shape index (κ2) is 6.13. The molecule has 1 aromatic carbocycles. The largest absolute Gasteiger partial charge is 0.450 e. The number of carbonyl (C=O) groups is 1. The average Bonchev–Trinajstić information content (AvgIpc) is 3.02. The van der Waals surface area contributed by atoms with Crippen LogP contribution in [-0.2, 0) is 0 Å². The molecule has 1 aliphatic heterocycles. The molecule has 1 amide bonds. The van der Waals surface area contributed by atoms with E-state index in [9.17, 15) is 9.59 Å². The van der Waals surface area contributed by atoms with Gasteiger partial charge in [-0.05, 0) is 48.9 Å². The highest BCUT2D eigenvalue weighted by Gasteiger charge is 2.44. The van der Waals surface area contributed by atoms with Crippen LogP contribution in [0, 0.1) is 6.92 Å². The zero-order valence-electron chi connectivity index (χ0n) is 15.0. The predicted molar refractivity (Wildman–Crippen MR) is 104 cm³/mol. The highest BCUT2D eigenvalue weighted by atomic mass is 16.3. The van der Waals surface area contributed by atoms with Crippen LogP contribution in [0.4, 0.5) is 5.82 Å². The fourth-order valence-electron chi connectivity index (χ4n) is 3.68. The molecule has 4 aromatic rings. The Morgan fingerprint density at radius 2 is 1.75 bits per heavy atom. The van der Waals surface area contributed by atoms with Crippen LogP contribution in [0.1, 0.15) is 33.4 Å². The zero-order valence-corrected chi connectivity index (χ0v) is 15.0. The Morgan fingerprint density at radius 3 is 2.54 bits per heavy atom. The van der Waals surface area contributed by atoms with Crippen molar-refractivity contribution in [3.05, 3.63) is 99.8 Å². The van der Waals surface area contributed by atoms with Crippen molar-refractivity contribution in [2.24, 2.45) is 0 Å². The summed E-state index contributed by atoms with van der Waals surface area (Å²) in [6.45, 7) is 1.86. The van der Waals surface area contributed by atoms with Gasteiger partial charge in [0.1, 0.15) is 11.4 Å². The predicted octanol–water partition coefficient (Wildman–Crippen LogP) is 3.64. The minimum Gasteiger partial charge on any atom is -0.450 e. The molecule has 28 heavy (non-hydrogen) atoms. The van der Waals surface area contributed by atoms with E-state index in [0.29, 0.717) is 22.4 Å². The lowest BCUT2D eigenvalue weighted by atomic mass is 9.99. The molecule has 136 valence electrons. The van der Waals surface area contributed by atoms with Gasteiger partial charge in [-0.1, -0.05) is 18.2 Å². The molecule has 0 radical (unpaired) electrons. The first kappa shape index (κ1) is 16.4. The number of aryl methyl sites for hydroxylation is 1. The normalized spacial score (nSPS) is 15.8. The quantitative estimate of drug-likeness (QED) is 0.539. The number of para-hydroxylation sites is 1. The molecule has 0 aliphatic carbocycles. The first-order valence-electron chi connectivity index (χ1n) is 8.88. The summed E-state index contributed by atoms with van der Waals surface area (Å²) in [6.07, 6.45) is 3.28. The fourth-order valence-corrected chi connectivity index (χ4v) is 3.68. The van der Waals surface area contributed by atoms with E-state index in [4.69, 9.17) is 4.42 Å². The molecule has 6 nitrogen and oxygen atoms in total. The van der Waals surface area contributed by atoms with Gasteiger partial charge in [0.25, 0.3) is 5.91 Å². The van der Waals surface area contributed by atoms with Crippen molar-refractivity contribution in [1.29, 1.82) is 0 Å². The second-order valence-electron chi connectivity index (χ2n) is 6.67. The van der Waals surface area contributed by atoms with Crippen LogP contribution in [0.3, 0.4) is 0 Å². The molecule has 0 saturated carbocycles. The van der Waals surface area contributed by atoms with Crippen molar-refractivity contribution >= 4 is 22.7 Å². The number of hydrogen-bond donors (Lipinski definition) is 0. The molecule has 0 fully saturated rings. The Labute approximate surface area is 160 Å². The van der Waals surface area contributed by atoms with Gasteiger partial charge in [0.2, 0.25) is 5.76 Å². The van der Waals surface area contributed by atoms with E-state index in [1.807, 2.05) is 19.1 Å². The Hall–Kier alpha value is -3.80. The highest BCUT2D eigenvalue weighted by Crippen LogP contribution is 2.40. The lowest BCUT2D eigenvalue weighted by Crippen LogP contribution is -2.30. The van der Waals surface area contributed by atoms with E-state index < -0.39 is 6.04 Å². The number of pyridine rings is 2. The van der Waals surface area contributed by atoms with Crippen LogP contribution < -0.4 is 10.3 Å². The number of anilines is 1. The van der Waals surface area contributed by atoms with Gasteiger partial charge in [-0.15, -0.1) is 0 Å². The standard InChI is InChI=1S/C22H15N3O3/c1-13-5-4-8-17(24-13)25-19(14-9-11-23-12-10-14)18-20(26)15-6-2-3-7-16(15)28-21(18)22(25)27/h2-12,19H,1H3. The highest BCUT2D eigenvalue weighted by molar-refractivity contribution is 6.10. The maximum atomic E-state index is 13.3. The molecular weight excluding hydrogens is 354 g/mol. The third-order valence-electron chi connectivity index (χ3n) is 4.92. The van der Waals surface area contributed by atoms with Crippen molar-refractivity contribution in [2.45, 2.75) is 13.0 Å². The smallest absolute Gasteiger partial charge is 0.296 e. The monoisotopic (exact) mass is 369 g/mol. The first-order chi connectivity index (χ1) is 13.6. The number of hydrogen-bond acceptors (Lipinski definition) is 5. The number of benzene rings is 1. The summed E-state index contributed by atoms with van der Waals surface area (Å²) < 4.78 is 5.90. The van der Waals surface area contributed by atoms with Crippen LogP contribution >= 0.6 is 0 Å². The first-order valence-corrected chi connectivity index (χ1v) is 8.88. The van der Waals surface area contributed by atoms with Gasteiger partial charge in [-0.2, -0.15) is 0 Å². The van der Waals surface area contributed by atoms with Crippen LogP contribution in [-0.4, -0.2) is 15.9 Å². The Bertz CT molecular complexity index is 1280. The van der Waals surface area contributed by atoms with E-state index in [2.05, 4.69) is 9.97 Å². The van der Waals surface area contributed by atoms with Crippen molar-refractivity contribution < 1.29 is 9.21 Å². The Balaban J connectivity index is 1.83. The van der Waals surface area contributed by atoms with Crippen molar-refractivity contribution in [1.82, 2.24) is 9.97 Å². The molecule has 0 bridgehead atoms. The number of amides is 1. The summed E-state index contributed by atoms with van der Waals surface area (Å²) in [5.41, 5.74) is 2.07. The third kappa shape index (κ3) is 2.35. The lowest BCUT2D eigenvalue weighted by molar-refractivity contribution is 0.0970. The molecule has 4 heterocycles. The number of carbonyl (C=O) groups excluding carboxylic acids is 1. The third-order valence-corrected chi connectivity index (χ3v) is 4.92. The van der Waals surface area contributed by atoms with Crippen LogP contribution in [0.2, 0.25) is 0 Å². The molecule has 5 rings (SSSR count). The molecule has 0 spiro atoms. The average molecular weight is 369 g/mol. The van der Waals surface area contributed by atoms with E-state index in [1.165, 1.54) is 4.90 Å². The summed E-state index contributed by atoms with van der Waals surface area (Å²) in [6, 6.07) is 15.4. The van der Waals surface area contributed by atoms with Gasteiger partial charge >= 0.3 is 0 Å². The van der Waals surface area contributed by atoms with Gasteiger partial charge in [-0.25, -0.2) is 4.98 Å². The number of rotatable bonds is 2. The zero-order chi connectivity index (χ0) is 19.3. The van der Waals surface area contributed by atoms with E-state index in [-0.39, 0.29) is 17.1 Å². The molecule has 1 aliphatic rings. The minimum atomic E-state index is -0.624. The second-order valence-corrected chi connectivity index (χ2v) is 6.67. The Morgan fingerprint density at radius 1 is 0.964 bits per heavy atom. The van der Waals surface area contributed by atoms with Gasteiger partial charge < -0.3 is 4.42 Å². The summed E-state index contributed by atoms with van der Waals surface area (Å²) in [5, 5.41) is 0.451. The van der Waals surface area contributed by atoms with Gasteiger partial charge in [0, 0.05) is 18.1 Å². The van der Waals surface area contributed by atoms with E-state index in [0.717, 1.165) is 11.3 Å². The topological polar surface area (TPSA) is 76.3 Å². The molecule has 3 aromatic heterocycles. The van der Waals surface area contributed by atoms with E-state index in [1.54, 1.807) is 54.9 Å². The fraction of sp³-hybridized carbons (Fsp3) is 0.0909. The van der Waals surface area contributed by atoms with E-state index >= 15 is 0 Å². The maximum Gasteiger partial charge on any atom is 0.296 e. The van der Waals surface area contributed by atoms with Crippen LogP contribution in [0.25, 0.3) is 11.0 Å². The molecule has 1 unspecified atom stereocenters. The summed E-state index contributed by atoms with van der Waals surface area (Å²) in [7, 11) is 0. The van der Waals surface area contributed by atoms with Crippen molar-refractivity contribution in [3.63, 3.8) is 0 Å². The SMILES string of the molecule is Cc1cccc(N2C(=O)c3oc4ccccc4c(=O)c3C2c2ccncc2)n1. The molecule has 6 heteroatoms. The Kier molecular flexibility index (Phi) is 3.58. The van der Waals surface area contributed by atoms with Gasteiger partial charge in [-0.3, -0.25) is 19.5 Å². The molecule has 0 saturated heterocycles. The lowest BCUT2D eigenvalue weighted by Gasteiger charge is -2.24. The molecular formula is C22H15N3O3. The van der Waals surface area contributed by atoms with Crippen LogP contribution in [0.15, 0.2) is 76.2 Å². The maximum absolute atomic E-state index is 13.3. The number of fused-ring (bicyclic) bond motifs is 2. The number of aromatic nitrogens is 2. The summed E-state index contributed by atoms with van der Waals surface area (Å²) >= 11 is 0. The molecule has 0 N–H and O–H groups in total. The van der Waals surface area contributed by atoms with Crippen LogP contribution in [0.5, 0.6) is 0 Å². The summed E-state index contributed by atoms with van der Waals surface area (Å²) in [5.74, 6) is 0.160. The molecule has 1 atom stereocenters. The van der Waals surface area contributed by atoms with Gasteiger partial charge in [0.05, 0.1) is 17.0 Å². The van der Waals surface area contributed by atoms with Crippen molar-refractivity contribution in [2.75, 3.05) is 4.90 Å². The number of nitrogens with zero attached hydrogens (tertiary/aromatic N) is 3. The van der Waals surface area contributed by atoms with Gasteiger partial charge in [0.15, 0.2) is 5.43 Å². The van der Waals surface area contributed by atoms with Crippen molar-refractivity contribution in [3.8, 4) is 0 Å².